The SMILES string of the molecule is CC[C@H](C)[C@@H]([C@@H](CC(=O)N1C[C@H](OC)CC1[C@H](OC)[C@@H](C)C(=O)N[C@@H](C)C(=O)c1ccc(F)cc1)OC)N(C)C(=O)[C@@H](NC(=O)[C@@H](NC)C(C)C)C(C)C. The van der Waals surface area contributed by atoms with Crippen molar-refractivity contribution in [1.82, 2.24) is 25.8 Å². The van der Waals surface area contributed by atoms with Crippen LogP contribution < -0.4 is 16.0 Å². The van der Waals surface area contributed by atoms with Crippen LogP contribution in [0.1, 0.15) is 85.0 Å². The molecule has 14 heteroatoms. The number of halogens is 1. The van der Waals surface area contributed by atoms with E-state index in [0.29, 0.717) is 12.8 Å². The summed E-state index contributed by atoms with van der Waals surface area (Å²) in [5.74, 6) is -3.11. The quantitative estimate of drug-likeness (QED) is 0.160. The Hall–Kier alpha value is -3.46. The molecule has 0 bridgehead atoms. The highest BCUT2D eigenvalue weighted by atomic mass is 19.1. The van der Waals surface area contributed by atoms with Crippen molar-refractivity contribution in [3.8, 4) is 0 Å². The highest BCUT2D eigenvalue weighted by Crippen LogP contribution is 2.31. The molecule has 3 N–H and O–H groups in total. The van der Waals surface area contributed by atoms with Crippen LogP contribution in [-0.4, -0.2) is 130 Å². The van der Waals surface area contributed by atoms with Gasteiger partial charge in [-0.1, -0.05) is 54.9 Å². The van der Waals surface area contributed by atoms with Gasteiger partial charge >= 0.3 is 0 Å². The van der Waals surface area contributed by atoms with Crippen LogP contribution in [0.15, 0.2) is 24.3 Å². The summed E-state index contributed by atoms with van der Waals surface area (Å²) in [6.45, 7) is 15.2. The number of hydrogen-bond donors (Lipinski definition) is 3. The van der Waals surface area contributed by atoms with E-state index in [-0.39, 0.29) is 65.9 Å². The summed E-state index contributed by atoms with van der Waals surface area (Å²) in [6, 6.07) is 1.90. The second-order valence-electron chi connectivity index (χ2n) is 15.3. The first-order valence-corrected chi connectivity index (χ1v) is 19.1. The van der Waals surface area contributed by atoms with Crippen molar-refractivity contribution in [1.29, 1.82) is 0 Å². The molecule has 1 heterocycles. The number of carbonyl (C=O) groups is 5. The third-order valence-electron chi connectivity index (χ3n) is 11.0. The molecule has 0 spiro atoms. The molecule has 54 heavy (non-hydrogen) atoms. The maximum absolute atomic E-state index is 14.3. The minimum Gasteiger partial charge on any atom is -0.380 e. The summed E-state index contributed by atoms with van der Waals surface area (Å²) in [6.07, 6.45) is -0.725. The molecule has 306 valence electrons. The molecule has 13 nitrogen and oxygen atoms in total. The van der Waals surface area contributed by atoms with Crippen molar-refractivity contribution in [2.75, 3.05) is 42.0 Å². The van der Waals surface area contributed by atoms with Crippen molar-refractivity contribution in [2.24, 2.45) is 23.7 Å². The van der Waals surface area contributed by atoms with Crippen LogP contribution in [0.4, 0.5) is 4.39 Å². The summed E-state index contributed by atoms with van der Waals surface area (Å²) in [7, 11) is 7.97. The van der Waals surface area contributed by atoms with Gasteiger partial charge < -0.3 is 40.0 Å². The van der Waals surface area contributed by atoms with Crippen molar-refractivity contribution in [3.63, 3.8) is 0 Å². The summed E-state index contributed by atoms with van der Waals surface area (Å²) >= 11 is 0. The van der Waals surface area contributed by atoms with E-state index < -0.39 is 60.1 Å². The Balaban J connectivity index is 2.32. The Morgan fingerprint density at radius 2 is 1.48 bits per heavy atom. The van der Waals surface area contributed by atoms with Gasteiger partial charge in [0, 0.05) is 40.5 Å². The molecule has 2 rings (SSSR count). The molecular weight excluding hydrogens is 697 g/mol. The average molecular weight is 764 g/mol. The zero-order valence-electron chi connectivity index (χ0n) is 34.6. The van der Waals surface area contributed by atoms with E-state index in [1.807, 2.05) is 41.5 Å². The van der Waals surface area contributed by atoms with Gasteiger partial charge in [0.15, 0.2) is 5.78 Å². The Morgan fingerprint density at radius 3 is 1.96 bits per heavy atom. The van der Waals surface area contributed by atoms with Crippen LogP contribution in [0.5, 0.6) is 0 Å². The van der Waals surface area contributed by atoms with Crippen LogP contribution in [0.3, 0.4) is 0 Å². The van der Waals surface area contributed by atoms with Gasteiger partial charge in [-0.25, -0.2) is 4.39 Å². The zero-order valence-corrected chi connectivity index (χ0v) is 34.6. The molecule has 0 saturated carbocycles. The van der Waals surface area contributed by atoms with E-state index in [2.05, 4.69) is 16.0 Å². The largest absolute Gasteiger partial charge is 0.380 e. The molecule has 1 aromatic rings. The number of nitrogens with one attached hydrogen (secondary N) is 3. The normalized spacial score (nSPS) is 20.4. The number of carbonyl (C=O) groups excluding carboxylic acids is 5. The lowest BCUT2D eigenvalue weighted by atomic mass is 9.89. The molecule has 4 amide bonds. The predicted molar refractivity (Wildman–Crippen MR) is 205 cm³/mol. The fourth-order valence-corrected chi connectivity index (χ4v) is 7.48. The number of ether oxygens (including phenoxy) is 3. The van der Waals surface area contributed by atoms with Crippen LogP contribution in [0.25, 0.3) is 0 Å². The molecular formula is C40H66FN5O8. The first-order chi connectivity index (χ1) is 25.4. The van der Waals surface area contributed by atoms with Crippen molar-refractivity contribution < 1.29 is 42.6 Å². The van der Waals surface area contributed by atoms with Crippen LogP contribution in [0.2, 0.25) is 0 Å². The average Bonchev–Trinajstić information content (AvgIpc) is 3.57. The van der Waals surface area contributed by atoms with Gasteiger partial charge in [-0.3, -0.25) is 24.0 Å². The summed E-state index contributed by atoms with van der Waals surface area (Å²) in [5, 5.41) is 8.76. The van der Waals surface area contributed by atoms with E-state index in [0.717, 1.165) is 0 Å². The summed E-state index contributed by atoms with van der Waals surface area (Å²) in [4.78, 5) is 71.5. The molecule has 1 saturated heterocycles. The van der Waals surface area contributed by atoms with Gasteiger partial charge in [-0.2, -0.15) is 0 Å². The van der Waals surface area contributed by atoms with Crippen molar-refractivity contribution in [2.45, 2.75) is 123 Å². The second kappa shape index (κ2) is 21.6. The zero-order chi connectivity index (χ0) is 41.0. The molecule has 0 aliphatic carbocycles. The monoisotopic (exact) mass is 763 g/mol. The molecule has 1 aliphatic rings. The Kier molecular flexibility index (Phi) is 18.7. The number of benzene rings is 1. The second-order valence-corrected chi connectivity index (χ2v) is 15.3. The maximum atomic E-state index is 14.3. The van der Waals surface area contributed by atoms with E-state index in [9.17, 15) is 28.4 Å². The number of methoxy groups -OCH3 is 3. The molecule has 1 aliphatic heterocycles. The number of likely N-dealkylation sites (N-methyl/N-ethyl adjacent to an activating group) is 2. The van der Waals surface area contributed by atoms with Crippen LogP contribution in [0, 0.1) is 29.5 Å². The Morgan fingerprint density at radius 1 is 0.889 bits per heavy atom. The number of amides is 4. The van der Waals surface area contributed by atoms with E-state index in [1.54, 1.807) is 44.9 Å². The molecule has 1 fully saturated rings. The minimum absolute atomic E-state index is 0.00941. The molecule has 0 aromatic heterocycles. The van der Waals surface area contributed by atoms with Gasteiger partial charge in [-0.15, -0.1) is 0 Å². The fourth-order valence-electron chi connectivity index (χ4n) is 7.48. The van der Waals surface area contributed by atoms with Crippen molar-refractivity contribution >= 4 is 29.4 Å². The highest BCUT2D eigenvalue weighted by Gasteiger charge is 2.46. The molecule has 0 radical (unpaired) electrons. The Labute approximate surface area is 321 Å². The Bertz CT molecular complexity index is 1390. The summed E-state index contributed by atoms with van der Waals surface area (Å²) < 4.78 is 31.0. The number of rotatable bonds is 21. The number of ketones is 1. The molecule has 10 atom stereocenters. The third-order valence-corrected chi connectivity index (χ3v) is 11.0. The fraction of sp³-hybridized carbons (Fsp3) is 0.725. The van der Waals surface area contributed by atoms with E-state index >= 15 is 0 Å². The lowest BCUT2D eigenvalue weighted by molar-refractivity contribution is -0.148. The lowest BCUT2D eigenvalue weighted by Crippen LogP contribution is -2.59. The van der Waals surface area contributed by atoms with Gasteiger partial charge in [-0.05, 0) is 62.4 Å². The number of likely N-dealkylation sites (tertiary alicyclic amines) is 1. The number of hydrogen-bond acceptors (Lipinski definition) is 9. The first kappa shape index (κ1) is 46.7. The molecule has 1 aromatic carbocycles. The third kappa shape index (κ3) is 11.8. The van der Waals surface area contributed by atoms with E-state index in [1.165, 1.54) is 38.5 Å². The van der Waals surface area contributed by atoms with E-state index in [4.69, 9.17) is 14.2 Å². The van der Waals surface area contributed by atoms with Gasteiger partial charge in [0.25, 0.3) is 0 Å². The summed E-state index contributed by atoms with van der Waals surface area (Å²) in [5.41, 5.74) is 0.268. The van der Waals surface area contributed by atoms with Gasteiger partial charge in [0.1, 0.15) is 11.9 Å². The number of Topliss-reactive ketones (excluding diaryl/α,β-unsaturated/α-hetero) is 1. The topological polar surface area (TPSA) is 156 Å². The van der Waals surface area contributed by atoms with Crippen LogP contribution >= 0.6 is 0 Å². The van der Waals surface area contributed by atoms with Gasteiger partial charge in [0.05, 0.1) is 54.8 Å². The van der Waals surface area contributed by atoms with Gasteiger partial charge in [0.2, 0.25) is 23.6 Å². The lowest BCUT2D eigenvalue weighted by Gasteiger charge is -2.41. The standard InChI is InChI=1S/C40H66FN5O8/c1-14-24(6)35(45(10)40(51)34(23(4)5)44-39(50)33(42-9)22(2)3)31(53-12)20-32(47)46-21-29(52-11)19-30(46)37(54-13)25(7)38(49)43-26(8)36(48)27-15-17-28(41)18-16-27/h15-18,22-26,29-31,33-35,37,42H,14,19-21H2,1-13H3,(H,43,49)(H,44,50)/t24-,25+,26-,29+,30?,31+,33-,34-,35-,37+/m0/s1. The highest BCUT2D eigenvalue weighted by molar-refractivity contribution is 6.01. The smallest absolute Gasteiger partial charge is 0.245 e. The van der Waals surface area contributed by atoms with Crippen molar-refractivity contribution in [3.05, 3.63) is 35.6 Å². The first-order valence-electron chi connectivity index (χ1n) is 19.1. The molecule has 1 unspecified atom stereocenters. The number of nitrogens with zero attached hydrogens (tertiary/aromatic N) is 2. The van der Waals surface area contributed by atoms with Crippen LogP contribution in [-0.2, 0) is 33.4 Å². The maximum Gasteiger partial charge on any atom is 0.245 e. The predicted octanol–water partition coefficient (Wildman–Crippen LogP) is 3.44. The minimum atomic E-state index is -0.890.